The number of para-hydroxylation sites is 1. The molecule has 0 unspecified atom stereocenters. The molecule has 24 heavy (non-hydrogen) atoms. The maximum Gasteiger partial charge on any atom is 0.218 e. The fraction of sp³-hybridized carbons (Fsp3) is 0.263. The van der Waals surface area contributed by atoms with Crippen molar-refractivity contribution in [1.29, 1.82) is 0 Å². The van der Waals surface area contributed by atoms with Crippen LogP contribution in [0.15, 0.2) is 61.1 Å². The fourth-order valence-corrected chi connectivity index (χ4v) is 2.52. The second-order valence-corrected chi connectivity index (χ2v) is 5.82. The molecule has 0 aliphatic heterocycles. The second kappa shape index (κ2) is 7.75. The van der Waals surface area contributed by atoms with Gasteiger partial charge in [0.15, 0.2) is 0 Å². The lowest BCUT2D eigenvalue weighted by atomic mass is 10.1. The van der Waals surface area contributed by atoms with Crippen molar-refractivity contribution < 1.29 is 4.74 Å². The summed E-state index contributed by atoms with van der Waals surface area (Å²) in [6, 6.07) is 14.1. The Morgan fingerprint density at radius 1 is 1.00 bits per heavy atom. The third-order valence-corrected chi connectivity index (χ3v) is 3.57. The molecule has 2 heterocycles. The minimum atomic E-state index is 0.110. The van der Waals surface area contributed by atoms with Gasteiger partial charge in [-0.3, -0.25) is 0 Å². The van der Waals surface area contributed by atoms with Crippen LogP contribution in [0, 0.1) is 0 Å². The van der Waals surface area contributed by atoms with Crippen LogP contribution in [0.2, 0.25) is 0 Å². The van der Waals surface area contributed by atoms with Gasteiger partial charge in [-0.15, -0.1) is 0 Å². The van der Waals surface area contributed by atoms with E-state index in [0.29, 0.717) is 12.4 Å². The van der Waals surface area contributed by atoms with Crippen LogP contribution in [0.3, 0.4) is 0 Å². The molecular formula is C19H22N4O. The Bertz CT molecular complexity index is 769. The Labute approximate surface area is 142 Å². The summed E-state index contributed by atoms with van der Waals surface area (Å²) in [5.74, 6) is 0.695. The van der Waals surface area contributed by atoms with E-state index in [4.69, 9.17) is 4.74 Å². The molecule has 3 rings (SSSR count). The van der Waals surface area contributed by atoms with Crippen molar-refractivity contribution in [2.45, 2.75) is 33.0 Å². The first kappa shape index (κ1) is 16.2. The maximum atomic E-state index is 5.77. The molecule has 3 aromatic rings. The summed E-state index contributed by atoms with van der Waals surface area (Å²) < 4.78 is 7.65. The SMILES string of the molecule is CC(C)Oc1ncccc1CNCc1ccccc1-n1cccn1. The van der Waals surface area contributed by atoms with Gasteiger partial charge in [-0.2, -0.15) is 5.10 Å². The minimum Gasteiger partial charge on any atom is -0.475 e. The van der Waals surface area contributed by atoms with Crippen molar-refractivity contribution in [3.63, 3.8) is 0 Å². The third-order valence-electron chi connectivity index (χ3n) is 3.57. The molecule has 5 nitrogen and oxygen atoms in total. The molecule has 2 aromatic heterocycles. The predicted octanol–water partition coefficient (Wildman–Crippen LogP) is 3.34. The molecule has 0 aliphatic carbocycles. The van der Waals surface area contributed by atoms with Crippen LogP contribution in [0.4, 0.5) is 0 Å². The zero-order valence-corrected chi connectivity index (χ0v) is 14.0. The summed E-state index contributed by atoms with van der Waals surface area (Å²) in [6.07, 6.45) is 5.61. The number of hydrogen-bond acceptors (Lipinski definition) is 4. The molecule has 0 saturated carbocycles. The summed E-state index contributed by atoms with van der Waals surface area (Å²) in [4.78, 5) is 4.33. The number of hydrogen-bond donors (Lipinski definition) is 1. The van der Waals surface area contributed by atoms with Gasteiger partial charge in [-0.25, -0.2) is 9.67 Å². The van der Waals surface area contributed by atoms with Gasteiger partial charge < -0.3 is 10.1 Å². The Kier molecular flexibility index (Phi) is 5.23. The van der Waals surface area contributed by atoms with Crippen LogP contribution in [-0.4, -0.2) is 20.9 Å². The molecule has 0 saturated heterocycles. The standard InChI is InChI=1S/C19H22N4O/c1-15(2)24-19-17(8-5-10-21-19)14-20-13-16-7-3-4-9-18(16)23-12-6-11-22-23/h3-12,15,20H,13-14H2,1-2H3. The lowest BCUT2D eigenvalue weighted by Gasteiger charge is -2.14. The Morgan fingerprint density at radius 3 is 2.58 bits per heavy atom. The summed E-state index contributed by atoms with van der Waals surface area (Å²) in [7, 11) is 0. The Morgan fingerprint density at radius 2 is 1.79 bits per heavy atom. The van der Waals surface area contributed by atoms with Gasteiger partial charge in [0, 0.05) is 37.2 Å². The zero-order valence-electron chi connectivity index (χ0n) is 14.0. The quantitative estimate of drug-likeness (QED) is 0.725. The molecule has 0 aliphatic rings. The molecular weight excluding hydrogens is 300 g/mol. The van der Waals surface area contributed by atoms with Crippen LogP contribution in [-0.2, 0) is 13.1 Å². The number of pyridine rings is 1. The number of rotatable bonds is 7. The normalized spacial score (nSPS) is 11.0. The average Bonchev–Trinajstić information content (AvgIpc) is 3.11. The van der Waals surface area contributed by atoms with Gasteiger partial charge >= 0.3 is 0 Å². The first-order valence-electron chi connectivity index (χ1n) is 8.13. The van der Waals surface area contributed by atoms with Gasteiger partial charge in [0.2, 0.25) is 5.88 Å². The predicted molar refractivity (Wildman–Crippen MR) is 94.1 cm³/mol. The van der Waals surface area contributed by atoms with Crippen molar-refractivity contribution in [3.05, 3.63) is 72.2 Å². The Hall–Kier alpha value is -2.66. The van der Waals surface area contributed by atoms with Crippen LogP contribution >= 0.6 is 0 Å². The largest absolute Gasteiger partial charge is 0.475 e. The third kappa shape index (κ3) is 4.00. The number of nitrogens with one attached hydrogen (secondary N) is 1. The highest BCUT2D eigenvalue weighted by molar-refractivity contribution is 5.40. The summed E-state index contributed by atoms with van der Waals surface area (Å²) >= 11 is 0. The van der Waals surface area contributed by atoms with Gasteiger partial charge in [-0.05, 0) is 37.6 Å². The smallest absolute Gasteiger partial charge is 0.218 e. The summed E-state index contributed by atoms with van der Waals surface area (Å²) in [5.41, 5.74) is 3.33. The maximum absolute atomic E-state index is 5.77. The van der Waals surface area contributed by atoms with E-state index in [-0.39, 0.29) is 6.10 Å². The zero-order chi connectivity index (χ0) is 16.8. The first-order valence-corrected chi connectivity index (χ1v) is 8.13. The average molecular weight is 322 g/mol. The lowest BCUT2D eigenvalue weighted by molar-refractivity contribution is 0.229. The molecule has 1 aromatic carbocycles. The van der Waals surface area contributed by atoms with E-state index in [0.717, 1.165) is 17.8 Å². The van der Waals surface area contributed by atoms with Crippen LogP contribution in [0.5, 0.6) is 5.88 Å². The van der Waals surface area contributed by atoms with Crippen molar-refractivity contribution in [1.82, 2.24) is 20.1 Å². The van der Waals surface area contributed by atoms with Crippen LogP contribution in [0.25, 0.3) is 5.69 Å². The first-order chi connectivity index (χ1) is 11.7. The van der Waals surface area contributed by atoms with Gasteiger partial charge in [0.1, 0.15) is 0 Å². The molecule has 0 fully saturated rings. The van der Waals surface area contributed by atoms with Gasteiger partial charge in [0.05, 0.1) is 11.8 Å². The summed E-state index contributed by atoms with van der Waals surface area (Å²) in [5, 5.41) is 7.79. The molecule has 5 heteroatoms. The van der Waals surface area contributed by atoms with Gasteiger partial charge in [0.25, 0.3) is 0 Å². The van der Waals surface area contributed by atoms with Crippen molar-refractivity contribution in [3.8, 4) is 11.6 Å². The molecule has 0 amide bonds. The molecule has 0 bridgehead atoms. The van der Waals surface area contributed by atoms with E-state index >= 15 is 0 Å². The highest BCUT2D eigenvalue weighted by Gasteiger charge is 2.08. The monoisotopic (exact) mass is 322 g/mol. The van der Waals surface area contributed by atoms with Crippen molar-refractivity contribution in [2.24, 2.45) is 0 Å². The number of ether oxygens (including phenoxy) is 1. The molecule has 0 spiro atoms. The fourth-order valence-electron chi connectivity index (χ4n) is 2.52. The number of benzene rings is 1. The highest BCUT2D eigenvalue weighted by atomic mass is 16.5. The minimum absolute atomic E-state index is 0.110. The summed E-state index contributed by atoms with van der Waals surface area (Å²) in [6.45, 7) is 5.45. The molecule has 124 valence electrons. The Balaban J connectivity index is 1.68. The van der Waals surface area contributed by atoms with E-state index < -0.39 is 0 Å². The highest BCUT2D eigenvalue weighted by Crippen LogP contribution is 2.17. The second-order valence-electron chi connectivity index (χ2n) is 5.82. The van der Waals surface area contributed by atoms with Crippen molar-refractivity contribution >= 4 is 0 Å². The topological polar surface area (TPSA) is 52.0 Å². The van der Waals surface area contributed by atoms with Gasteiger partial charge in [-0.1, -0.05) is 24.3 Å². The van der Waals surface area contributed by atoms with Crippen LogP contribution < -0.4 is 10.1 Å². The lowest BCUT2D eigenvalue weighted by Crippen LogP contribution is -2.17. The van der Waals surface area contributed by atoms with Crippen LogP contribution in [0.1, 0.15) is 25.0 Å². The van der Waals surface area contributed by atoms with E-state index in [1.165, 1.54) is 5.56 Å². The number of nitrogens with zero attached hydrogens (tertiary/aromatic N) is 3. The van der Waals surface area contributed by atoms with E-state index in [1.54, 1.807) is 12.4 Å². The molecule has 0 radical (unpaired) electrons. The van der Waals surface area contributed by atoms with Crippen molar-refractivity contribution in [2.75, 3.05) is 0 Å². The molecule has 0 atom stereocenters. The molecule has 1 N–H and O–H groups in total. The van der Waals surface area contributed by atoms with E-state index in [9.17, 15) is 0 Å². The number of aromatic nitrogens is 3. The van der Waals surface area contributed by atoms with E-state index in [1.807, 2.05) is 55.1 Å². The van der Waals surface area contributed by atoms with E-state index in [2.05, 4.69) is 27.5 Å².